The average molecular weight is 353 g/mol. The van der Waals surface area contributed by atoms with E-state index in [-0.39, 0.29) is 24.1 Å². The standard InChI is InChI=1S/C21H24FN3O/c1-15(2)9-10-23-21(26)13-18(16-6-5-7-17(22)12-16)19-14-24-20-8-3-4-11-25(19)20/h3-8,11-12,14-15,18H,9-10,13H2,1-2H3,(H,23,26). The number of nitrogens with zero attached hydrogens (tertiary/aromatic N) is 2. The third-order valence-electron chi connectivity index (χ3n) is 4.49. The van der Waals surface area contributed by atoms with Crippen LogP contribution < -0.4 is 5.32 Å². The zero-order valence-corrected chi connectivity index (χ0v) is 15.2. The van der Waals surface area contributed by atoms with Crippen molar-refractivity contribution in [2.75, 3.05) is 6.54 Å². The van der Waals surface area contributed by atoms with Gasteiger partial charge in [-0.15, -0.1) is 0 Å². The molecule has 0 saturated carbocycles. The summed E-state index contributed by atoms with van der Waals surface area (Å²) in [4.78, 5) is 16.9. The number of carbonyl (C=O) groups is 1. The summed E-state index contributed by atoms with van der Waals surface area (Å²) in [5.41, 5.74) is 2.46. The first-order valence-electron chi connectivity index (χ1n) is 8.98. The highest BCUT2D eigenvalue weighted by Crippen LogP contribution is 2.29. The lowest BCUT2D eigenvalue weighted by atomic mass is 9.92. The quantitative estimate of drug-likeness (QED) is 0.693. The molecule has 3 rings (SSSR count). The first-order valence-corrected chi connectivity index (χ1v) is 8.98. The number of carbonyl (C=O) groups excluding carboxylic acids is 1. The van der Waals surface area contributed by atoms with Gasteiger partial charge in [0.15, 0.2) is 0 Å². The lowest BCUT2D eigenvalue weighted by Gasteiger charge is -2.18. The van der Waals surface area contributed by atoms with E-state index >= 15 is 0 Å². The average Bonchev–Trinajstić information content (AvgIpc) is 3.03. The van der Waals surface area contributed by atoms with E-state index in [1.54, 1.807) is 12.3 Å². The zero-order chi connectivity index (χ0) is 18.5. The third-order valence-corrected chi connectivity index (χ3v) is 4.49. The summed E-state index contributed by atoms with van der Waals surface area (Å²) < 4.78 is 15.7. The summed E-state index contributed by atoms with van der Waals surface area (Å²) >= 11 is 0. The van der Waals surface area contributed by atoms with Crippen molar-refractivity contribution in [1.29, 1.82) is 0 Å². The molecule has 1 N–H and O–H groups in total. The predicted molar refractivity (Wildman–Crippen MR) is 101 cm³/mol. The van der Waals surface area contributed by atoms with Gasteiger partial charge in [-0.05, 0) is 42.2 Å². The van der Waals surface area contributed by atoms with Crippen LogP contribution in [0.5, 0.6) is 0 Å². The molecule has 1 atom stereocenters. The second-order valence-corrected chi connectivity index (χ2v) is 6.96. The normalized spacial score (nSPS) is 12.5. The Labute approximate surface area is 153 Å². The largest absolute Gasteiger partial charge is 0.356 e. The van der Waals surface area contributed by atoms with Crippen molar-refractivity contribution in [3.05, 3.63) is 71.9 Å². The topological polar surface area (TPSA) is 46.4 Å². The number of benzene rings is 1. The number of halogens is 1. The maximum Gasteiger partial charge on any atom is 0.221 e. The fourth-order valence-electron chi connectivity index (χ4n) is 3.08. The fraction of sp³-hybridized carbons (Fsp3) is 0.333. The second-order valence-electron chi connectivity index (χ2n) is 6.96. The van der Waals surface area contributed by atoms with Gasteiger partial charge in [-0.3, -0.25) is 4.79 Å². The minimum Gasteiger partial charge on any atom is -0.356 e. The van der Waals surface area contributed by atoms with E-state index in [4.69, 9.17) is 0 Å². The van der Waals surface area contributed by atoms with E-state index in [9.17, 15) is 9.18 Å². The van der Waals surface area contributed by atoms with E-state index in [1.165, 1.54) is 12.1 Å². The van der Waals surface area contributed by atoms with Crippen LogP contribution in [0.2, 0.25) is 0 Å². The van der Waals surface area contributed by atoms with E-state index in [1.807, 2.05) is 34.9 Å². The first kappa shape index (κ1) is 18.1. The van der Waals surface area contributed by atoms with Crippen LogP contribution in [-0.4, -0.2) is 21.8 Å². The van der Waals surface area contributed by atoms with Crippen molar-refractivity contribution in [3.8, 4) is 0 Å². The number of nitrogens with one attached hydrogen (secondary N) is 1. The Kier molecular flexibility index (Phi) is 5.66. The van der Waals surface area contributed by atoms with Gasteiger partial charge in [-0.25, -0.2) is 9.37 Å². The Morgan fingerprint density at radius 1 is 1.23 bits per heavy atom. The van der Waals surface area contributed by atoms with Gasteiger partial charge in [-0.2, -0.15) is 0 Å². The van der Waals surface area contributed by atoms with Crippen LogP contribution in [-0.2, 0) is 4.79 Å². The highest BCUT2D eigenvalue weighted by molar-refractivity contribution is 5.77. The molecule has 1 amide bonds. The van der Waals surface area contributed by atoms with Crippen LogP contribution in [0.25, 0.3) is 5.65 Å². The molecule has 0 aliphatic rings. The molecular weight excluding hydrogens is 329 g/mol. The molecule has 0 aliphatic heterocycles. The Balaban J connectivity index is 1.89. The Bertz CT molecular complexity index is 888. The number of fused-ring (bicyclic) bond motifs is 1. The summed E-state index contributed by atoms with van der Waals surface area (Å²) in [7, 11) is 0. The van der Waals surface area contributed by atoms with Gasteiger partial charge in [0.25, 0.3) is 0 Å². The lowest BCUT2D eigenvalue weighted by Crippen LogP contribution is -2.27. The molecule has 3 aromatic rings. The van der Waals surface area contributed by atoms with Crippen molar-refractivity contribution in [1.82, 2.24) is 14.7 Å². The van der Waals surface area contributed by atoms with Gasteiger partial charge < -0.3 is 9.72 Å². The lowest BCUT2D eigenvalue weighted by molar-refractivity contribution is -0.121. The summed E-state index contributed by atoms with van der Waals surface area (Å²) in [6, 6.07) is 12.2. The number of pyridine rings is 1. The maximum absolute atomic E-state index is 13.8. The van der Waals surface area contributed by atoms with Gasteiger partial charge >= 0.3 is 0 Å². The van der Waals surface area contributed by atoms with Crippen LogP contribution in [0.4, 0.5) is 4.39 Å². The van der Waals surface area contributed by atoms with Gasteiger partial charge in [0.2, 0.25) is 5.91 Å². The van der Waals surface area contributed by atoms with Crippen LogP contribution in [0, 0.1) is 11.7 Å². The van der Waals surface area contributed by atoms with Crippen molar-refractivity contribution in [2.24, 2.45) is 5.92 Å². The van der Waals surface area contributed by atoms with E-state index in [0.29, 0.717) is 12.5 Å². The molecule has 136 valence electrons. The fourth-order valence-corrected chi connectivity index (χ4v) is 3.08. The molecule has 1 unspecified atom stereocenters. The number of hydrogen-bond donors (Lipinski definition) is 1. The highest BCUT2D eigenvalue weighted by Gasteiger charge is 2.22. The van der Waals surface area contributed by atoms with Gasteiger partial charge in [0.05, 0.1) is 5.69 Å². The van der Waals surface area contributed by atoms with Gasteiger partial charge in [0, 0.05) is 31.3 Å². The van der Waals surface area contributed by atoms with E-state index in [2.05, 4.69) is 24.1 Å². The summed E-state index contributed by atoms with van der Waals surface area (Å²) in [6.45, 7) is 4.90. The van der Waals surface area contributed by atoms with E-state index < -0.39 is 0 Å². The zero-order valence-electron chi connectivity index (χ0n) is 15.2. The number of aromatic nitrogens is 2. The summed E-state index contributed by atoms with van der Waals surface area (Å²) in [5.74, 6) is -0.0671. The third kappa shape index (κ3) is 4.28. The molecule has 0 fully saturated rings. The highest BCUT2D eigenvalue weighted by atomic mass is 19.1. The SMILES string of the molecule is CC(C)CCNC(=O)CC(c1cccc(F)c1)c1cnc2ccccn12. The molecule has 0 radical (unpaired) electrons. The van der Waals surface area contributed by atoms with Gasteiger partial charge in [-0.1, -0.05) is 32.0 Å². The molecule has 0 aliphatic carbocycles. The summed E-state index contributed by atoms with van der Waals surface area (Å²) in [5, 5.41) is 2.98. The molecule has 0 bridgehead atoms. The number of hydrogen-bond acceptors (Lipinski definition) is 2. The Morgan fingerprint density at radius 2 is 2.08 bits per heavy atom. The smallest absolute Gasteiger partial charge is 0.221 e. The van der Waals surface area contributed by atoms with E-state index in [0.717, 1.165) is 23.3 Å². The van der Waals surface area contributed by atoms with Crippen LogP contribution in [0.3, 0.4) is 0 Å². The van der Waals surface area contributed by atoms with Crippen molar-refractivity contribution in [2.45, 2.75) is 32.6 Å². The molecule has 2 heterocycles. The number of amides is 1. The second kappa shape index (κ2) is 8.13. The maximum atomic E-state index is 13.8. The Hall–Kier alpha value is -2.69. The van der Waals surface area contributed by atoms with Crippen LogP contribution >= 0.6 is 0 Å². The first-order chi connectivity index (χ1) is 12.5. The van der Waals surface area contributed by atoms with Crippen LogP contribution in [0.15, 0.2) is 54.9 Å². The molecule has 1 aromatic carbocycles. The van der Waals surface area contributed by atoms with Crippen LogP contribution in [0.1, 0.15) is 43.9 Å². The minimum atomic E-state index is -0.304. The molecule has 26 heavy (non-hydrogen) atoms. The van der Waals surface area contributed by atoms with Crippen molar-refractivity contribution < 1.29 is 9.18 Å². The molecule has 0 spiro atoms. The molecule has 2 aromatic heterocycles. The predicted octanol–water partition coefficient (Wildman–Crippen LogP) is 4.16. The number of rotatable bonds is 7. The molecule has 4 nitrogen and oxygen atoms in total. The van der Waals surface area contributed by atoms with Crippen molar-refractivity contribution >= 4 is 11.6 Å². The molecular formula is C21H24FN3O. The summed E-state index contributed by atoms with van der Waals surface area (Å²) in [6.07, 6.45) is 4.88. The molecule has 0 saturated heterocycles. The molecule has 5 heteroatoms. The minimum absolute atomic E-state index is 0.0363. The monoisotopic (exact) mass is 353 g/mol. The Morgan fingerprint density at radius 3 is 2.85 bits per heavy atom. The number of imidazole rings is 1. The van der Waals surface area contributed by atoms with Crippen molar-refractivity contribution in [3.63, 3.8) is 0 Å². The van der Waals surface area contributed by atoms with Gasteiger partial charge in [0.1, 0.15) is 11.5 Å².